The Morgan fingerprint density at radius 2 is 2.00 bits per heavy atom. The van der Waals surface area contributed by atoms with E-state index in [-0.39, 0.29) is 11.2 Å². The van der Waals surface area contributed by atoms with Crippen LogP contribution in [0.4, 0.5) is 5.69 Å². The van der Waals surface area contributed by atoms with Crippen molar-refractivity contribution in [2.24, 2.45) is 0 Å². The monoisotopic (exact) mass is 364 g/mol. The van der Waals surface area contributed by atoms with E-state index in [1.807, 2.05) is 31.2 Å². The maximum atomic E-state index is 12.5. The van der Waals surface area contributed by atoms with Crippen molar-refractivity contribution in [3.63, 3.8) is 0 Å². The van der Waals surface area contributed by atoms with Crippen LogP contribution in [0, 0.1) is 0 Å². The zero-order valence-electron chi connectivity index (χ0n) is 14.0. The molecule has 1 atom stereocenters. The molecule has 0 aliphatic rings. The first-order valence-electron chi connectivity index (χ1n) is 8.23. The number of aromatic nitrogens is 5. The average Bonchev–Trinajstić information content (AvgIpc) is 3.04. The van der Waals surface area contributed by atoms with E-state index in [0.717, 1.165) is 16.4 Å². The minimum Gasteiger partial charge on any atom is -0.338 e. The minimum atomic E-state index is -0.313. The van der Waals surface area contributed by atoms with Crippen molar-refractivity contribution in [3.8, 4) is 0 Å². The number of anilines is 1. The van der Waals surface area contributed by atoms with Gasteiger partial charge in [-0.15, -0.1) is 10.2 Å². The van der Waals surface area contributed by atoms with E-state index in [9.17, 15) is 4.79 Å². The predicted molar refractivity (Wildman–Crippen MR) is 102 cm³/mol. The van der Waals surface area contributed by atoms with Crippen molar-refractivity contribution in [1.29, 1.82) is 0 Å². The van der Waals surface area contributed by atoms with Gasteiger partial charge in [-0.3, -0.25) is 9.78 Å². The van der Waals surface area contributed by atoms with Gasteiger partial charge in [-0.2, -0.15) is 0 Å². The van der Waals surface area contributed by atoms with Crippen LogP contribution in [0.15, 0.2) is 53.9 Å². The van der Waals surface area contributed by atoms with E-state index in [0.29, 0.717) is 22.9 Å². The number of H-pyrrole nitrogens is 1. The summed E-state index contributed by atoms with van der Waals surface area (Å²) in [5.41, 5.74) is 3.09. The summed E-state index contributed by atoms with van der Waals surface area (Å²) in [6.45, 7) is 1.96. The molecule has 0 fully saturated rings. The number of carbonyl (C=O) groups is 1. The van der Waals surface area contributed by atoms with Crippen molar-refractivity contribution in [1.82, 2.24) is 25.1 Å². The van der Waals surface area contributed by atoms with E-state index >= 15 is 0 Å². The molecule has 130 valence electrons. The highest BCUT2D eigenvalue weighted by Gasteiger charge is 2.20. The second-order valence-corrected chi connectivity index (χ2v) is 6.87. The fourth-order valence-electron chi connectivity index (χ4n) is 2.66. The van der Waals surface area contributed by atoms with Crippen LogP contribution in [0.2, 0.25) is 0 Å². The minimum absolute atomic E-state index is 0.0935. The number of thioether (sulfide) groups is 1. The molecule has 0 aliphatic heterocycles. The molecule has 8 heteroatoms. The first-order chi connectivity index (χ1) is 12.7. The molecule has 1 aromatic carbocycles. The van der Waals surface area contributed by atoms with Gasteiger partial charge in [0.25, 0.3) is 0 Å². The topological polar surface area (TPSA) is 96.5 Å². The maximum absolute atomic E-state index is 12.5. The molecule has 3 aromatic heterocycles. The molecule has 3 heterocycles. The van der Waals surface area contributed by atoms with Gasteiger partial charge in [-0.1, -0.05) is 36.9 Å². The summed E-state index contributed by atoms with van der Waals surface area (Å²) in [4.78, 5) is 24.2. The molecule has 0 saturated heterocycles. The molecule has 7 nitrogen and oxygen atoms in total. The van der Waals surface area contributed by atoms with Crippen molar-refractivity contribution in [3.05, 3.63) is 48.8 Å². The lowest BCUT2D eigenvalue weighted by Crippen LogP contribution is -2.24. The van der Waals surface area contributed by atoms with Gasteiger partial charge in [-0.05, 0) is 24.6 Å². The highest BCUT2D eigenvalue weighted by molar-refractivity contribution is 8.00. The summed E-state index contributed by atoms with van der Waals surface area (Å²) in [7, 11) is 0. The third-order valence-corrected chi connectivity index (χ3v) is 5.18. The number of amides is 1. The van der Waals surface area contributed by atoms with E-state index in [2.05, 4.69) is 30.5 Å². The lowest BCUT2D eigenvalue weighted by Gasteiger charge is -2.13. The van der Waals surface area contributed by atoms with Gasteiger partial charge in [0.05, 0.1) is 5.25 Å². The molecule has 0 spiro atoms. The zero-order valence-corrected chi connectivity index (χ0v) is 14.8. The second kappa shape index (κ2) is 7.09. The van der Waals surface area contributed by atoms with Gasteiger partial charge in [0.2, 0.25) is 11.1 Å². The van der Waals surface area contributed by atoms with Crippen LogP contribution < -0.4 is 5.32 Å². The Morgan fingerprint density at radius 3 is 2.81 bits per heavy atom. The quantitative estimate of drug-likeness (QED) is 0.527. The lowest BCUT2D eigenvalue weighted by atomic mass is 10.2. The fraction of sp³-hybridized carbons (Fsp3) is 0.167. The van der Waals surface area contributed by atoms with Crippen LogP contribution in [0.3, 0.4) is 0 Å². The molecule has 0 saturated carbocycles. The summed E-state index contributed by atoms with van der Waals surface area (Å²) in [6, 6.07) is 11.4. The first kappa shape index (κ1) is 16.5. The Hall–Kier alpha value is -3.00. The van der Waals surface area contributed by atoms with Crippen molar-refractivity contribution in [2.45, 2.75) is 23.8 Å². The molecular weight excluding hydrogens is 348 g/mol. The normalized spacial score (nSPS) is 12.3. The standard InChI is InChI=1S/C18H16N6OS/c1-2-14(17(25)20-11-7-9-19-10-8-11)26-18-22-16-15(23-24-18)12-5-3-4-6-13(12)21-16/h3-10,14H,2H2,1H3,(H,19,20,25)(H,21,22,24). The van der Waals surface area contributed by atoms with Gasteiger partial charge in [0.1, 0.15) is 5.52 Å². The zero-order chi connectivity index (χ0) is 17.9. The molecule has 0 radical (unpaired) electrons. The summed E-state index contributed by atoms with van der Waals surface area (Å²) in [5.74, 6) is -0.0935. The van der Waals surface area contributed by atoms with Gasteiger partial charge < -0.3 is 10.3 Å². The van der Waals surface area contributed by atoms with Crippen LogP contribution in [0.25, 0.3) is 22.1 Å². The summed E-state index contributed by atoms with van der Waals surface area (Å²) in [6.07, 6.45) is 3.93. The van der Waals surface area contributed by atoms with Gasteiger partial charge in [0, 0.05) is 29.0 Å². The van der Waals surface area contributed by atoms with E-state index < -0.39 is 0 Å². The summed E-state index contributed by atoms with van der Waals surface area (Å²) >= 11 is 1.31. The smallest absolute Gasteiger partial charge is 0.237 e. The van der Waals surface area contributed by atoms with Gasteiger partial charge >= 0.3 is 0 Å². The number of nitrogens with zero attached hydrogens (tertiary/aromatic N) is 4. The number of fused-ring (bicyclic) bond motifs is 3. The number of nitrogens with one attached hydrogen (secondary N) is 2. The molecule has 0 aliphatic carbocycles. The second-order valence-electron chi connectivity index (χ2n) is 5.70. The van der Waals surface area contributed by atoms with Gasteiger partial charge in [0.15, 0.2) is 5.65 Å². The maximum Gasteiger partial charge on any atom is 0.237 e. The third kappa shape index (κ3) is 3.23. The SMILES string of the molecule is CCC(Sc1nnc2c(n1)[nH]c1ccccc12)C(=O)Nc1ccncc1. The van der Waals surface area contributed by atoms with Crippen molar-refractivity contribution < 1.29 is 4.79 Å². The van der Waals surface area contributed by atoms with E-state index in [4.69, 9.17) is 0 Å². The van der Waals surface area contributed by atoms with Crippen LogP contribution >= 0.6 is 11.8 Å². The average molecular weight is 364 g/mol. The number of rotatable bonds is 5. The molecule has 0 bridgehead atoms. The molecule has 1 amide bonds. The predicted octanol–water partition coefficient (Wildman–Crippen LogP) is 3.41. The van der Waals surface area contributed by atoms with Crippen LogP contribution in [0.1, 0.15) is 13.3 Å². The van der Waals surface area contributed by atoms with Gasteiger partial charge in [-0.25, -0.2) is 4.98 Å². The van der Waals surface area contributed by atoms with Crippen LogP contribution in [-0.4, -0.2) is 36.3 Å². The van der Waals surface area contributed by atoms with E-state index in [1.165, 1.54) is 11.8 Å². The lowest BCUT2D eigenvalue weighted by molar-refractivity contribution is -0.115. The van der Waals surface area contributed by atoms with Crippen molar-refractivity contribution >= 4 is 45.4 Å². The Kier molecular flexibility index (Phi) is 4.49. The first-order valence-corrected chi connectivity index (χ1v) is 9.11. The molecule has 4 aromatic rings. The van der Waals surface area contributed by atoms with Crippen LogP contribution in [0.5, 0.6) is 0 Å². The largest absolute Gasteiger partial charge is 0.338 e. The molecule has 4 rings (SSSR count). The number of aromatic amines is 1. The number of hydrogen-bond donors (Lipinski definition) is 2. The molecule has 26 heavy (non-hydrogen) atoms. The summed E-state index contributed by atoms with van der Waals surface area (Å²) < 4.78 is 0. The Balaban J connectivity index is 1.56. The molecular formula is C18H16N6OS. The Morgan fingerprint density at radius 1 is 1.19 bits per heavy atom. The number of hydrogen-bond acceptors (Lipinski definition) is 6. The Labute approximate surface area is 153 Å². The molecule has 1 unspecified atom stereocenters. The summed E-state index contributed by atoms with van der Waals surface area (Å²) in [5, 5.41) is 12.5. The highest BCUT2D eigenvalue weighted by Crippen LogP contribution is 2.26. The fourth-order valence-corrected chi connectivity index (χ4v) is 3.48. The number of benzene rings is 1. The third-order valence-electron chi connectivity index (χ3n) is 3.96. The number of pyridine rings is 1. The van der Waals surface area contributed by atoms with Crippen molar-refractivity contribution in [2.75, 3.05) is 5.32 Å². The molecule has 2 N–H and O–H groups in total. The Bertz CT molecular complexity index is 1070. The highest BCUT2D eigenvalue weighted by atomic mass is 32.2. The number of para-hydroxylation sites is 1. The van der Waals surface area contributed by atoms with E-state index in [1.54, 1.807) is 24.5 Å². The number of carbonyl (C=O) groups excluding carboxylic acids is 1. The van der Waals surface area contributed by atoms with Crippen LogP contribution in [-0.2, 0) is 4.79 Å².